The van der Waals surface area contributed by atoms with Crippen molar-refractivity contribution in [1.82, 2.24) is 0 Å². The molecule has 1 aliphatic rings. The minimum Gasteiger partial charge on any atom is -0.486 e. The molecule has 1 aromatic carbocycles. The van der Waals surface area contributed by atoms with Crippen molar-refractivity contribution in [3.63, 3.8) is 0 Å². The second-order valence-corrected chi connectivity index (χ2v) is 2.63. The van der Waals surface area contributed by atoms with Crippen molar-refractivity contribution in [3.05, 3.63) is 17.9 Å². The van der Waals surface area contributed by atoms with Gasteiger partial charge in [-0.15, -0.1) is 0 Å². The zero-order chi connectivity index (χ0) is 9.26. The predicted molar refractivity (Wildman–Crippen MR) is 45.2 cm³/mol. The SMILES string of the molecule is NNc1cc(F)c2c(c1)OCCO2. The highest BCUT2D eigenvalue weighted by molar-refractivity contribution is 5.55. The topological polar surface area (TPSA) is 56.5 Å². The van der Waals surface area contributed by atoms with E-state index in [4.69, 9.17) is 15.3 Å². The van der Waals surface area contributed by atoms with Gasteiger partial charge in [-0.3, -0.25) is 5.84 Å². The third kappa shape index (κ3) is 1.38. The summed E-state index contributed by atoms with van der Waals surface area (Å²) in [5.41, 5.74) is 2.80. The van der Waals surface area contributed by atoms with E-state index < -0.39 is 5.82 Å². The second kappa shape index (κ2) is 3.10. The molecule has 1 heterocycles. The van der Waals surface area contributed by atoms with Crippen LogP contribution >= 0.6 is 0 Å². The van der Waals surface area contributed by atoms with Gasteiger partial charge >= 0.3 is 0 Å². The molecule has 0 fully saturated rings. The van der Waals surface area contributed by atoms with Crippen molar-refractivity contribution < 1.29 is 13.9 Å². The van der Waals surface area contributed by atoms with Crippen LogP contribution in [0.4, 0.5) is 10.1 Å². The van der Waals surface area contributed by atoms with E-state index in [0.29, 0.717) is 24.7 Å². The fourth-order valence-corrected chi connectivity index (χ4v) is 1.19. The van der Waals surface area contributed by atoms with Crippen LogP contribution in [0.3, 0.4) is 0 Å². The number of hydrogen-bond donors (Lipinski definition) is 2. The van der Waals surface area contributed by atoms with Gasteiger partial charge in [-0.1, -0.05) is 0 Å². The number of rotatable bonds is 1. The van der Waals surface area contributed by atoms with Crippen molar-refractivity contribution in [2.75, 3.05) is 18.6 Å². The number of ether oxygens (including phenoxy) is 2. The third-order valence-corrected chi connectivity index (χ3v) is 1.76. The van der Waals surface area contributed by atoms with Crippen LogP contribution in [0.15, 0.2) is 12.1 Å². The molecule has 2 rings (SSSR count). The molecule has 0 unspecified atom stereocenters. The van der Waals surface area contributed by atoms with Crippen molar-refractivity contribution >= 4 is 5.69 Å². The summed E-state index contributed by atoms with van der Waals surface area (Å²) in [6.45, 7) is 0.805. The Labute approximate surface area is 74.4 Å². The molecule has 13 heavy (non-hydrogen) atoms. The maximum atomic E-state index is 13.2. The first kappa shape index (κ1) is 8.12. The predicted octanol–water partition coefficient (Wildman–Crippen LogP) is 0.883. The van der Waals surface area contributed by atoms with Gasteiger partial charge in [-0.25, -0.2) is 4.39 Å². The zero-order valence-electron chi connectivity index (χ0n) is 6.84. The number of nitrogens with two attached hydrogens (primary N) is 1. The molecule has 0 aliphatic carbocycles. The van der Waals surface area contributed by atoms with Gasteiger partial charge in [-0.05, 0) is 0 Å². The number of benzene rings is 1. The number of fused-ring (bicyclic) bond motifs is 1. The third-order valence-electron chi connectivity index (χ3n) is 1.76. The lowest BCUT2D eigenvalue weighted by Crippen LogP contribution is -2.17. The first-order valence-corrected chi connectivity index (χ1v) is 3.87. The summed E-state index contributed by atoms with van der Waals surface area (Å²) in [5, 5.41) is 0. The molecule has 0 atom stereocenters. The Kier molecular flexibility index (Phi) is 1.94. The summed E-state index contributed by atoms with van der Waals surface area (Å²) >= 11 is 0. The fraction of sp³-hybridized carbons (Fsp3) is 0.250. The van der Waals surface area contributed by atoms with Crippen molar-refractivity contribution in [2.24, 2.45) is 5.84 Å². The van der Waals surface area contributed by atoms with Gasteiger partial charge in [0.1, 0.15) is 13.2 Å². The number of hydrazine groups is 1. The van der Waals surface area contributed by atoms with Crippen LogP contribution in [0.2, 0.25) is 0 Å². The van der Waals surface area contributed by atoms with Gasteiger partial charge in [0.05, 0.1) is 5.69 Å². The van der Waals surface area contributed by atoms with E-state index in [0.717, 1.165) is 0 Å². The molecule has 0 spiro atoms. The Morgan fingerprint density at radius 1 is 1.31 bits per heavy atom. The number of halogens is 1. The highest BCUT2D eigenvalue weighted by Gasteiger charge is 2.17. The van der Waals surface area contributed by atoms with Gasteiger partial charge in [0.2, 0.25) is 0 Å². The van der Waals surface area contributed by atoms with Crippen molar-refractivity contribution in [3.8, 4) is 11.5 Å². The lowest BCUT2D eigenvalue weighted by Gasteiger charge is -2.19. The summed E-state index contributed by atoms with van der Waals surface area (Å²) in [4.78, 5) is 0. The minimum atomic E-state index is -0.467. The molecule has 1 aliphatic heterocycles. The average Bonchev–Trinajstić information content (AvgIpc) is 2.18. The summed E-state index contributed by atoms with van der Waals surface area (Å²) < 4.78 is 23.5. The van der Waals surface area contributed by atoms with E-state index >= 15 is 0 Å². The van der Waals surface area contributed by atoms with Crippen LogP contribution in [0, 0.1) is 5.82 Å². The minimum absolute atomic E-state index is 0.158. The van der Waals surface area contributed by atoms with Gasteiger partial charge < -0.3 is 14.9 Å². The molecule has 70 valence electrons. The van der Waals surface area contributed by atoms with Crippen LogP contribution in [-0.2, 0) is 0 Å². The van der Waals surface area contributed by atoms with Crippen molar-refractivity contribution in [2.45, 2.75) is 0 Å². The van der Waals surface area contributed by atoms with Gasteiger partial charge in [-0.2, -0.15) is 0 Å². The molecule has 0 amide bonds. The summed E-state index contributed by atoms with van der Waals surface area (Å²) in [6, 6.07) is 2.85. The first-order chi connectivity index (χ1) is 6.31. The lowest BCUT2D eigenvalue weighted by molar-refractivity contribution is 0.164. The standard InChI is InChI=1S/C8H9FN2O2/c9-6-3-5(11-10)4-7-8(6)13-2-1-12-7/h3-4,11H,1-2,10H2. The van der Waals surface area contributed by atoms with Gasteiger partial charge in [0.25, 0.3) is 0 Å². The van der Waals surface area contributed by atoms with Crippen LogP contribution in [-0.4, -0.2) is 13.2 Å². The Morgan fingerprint density at radius 2 is 2.08 bits per heavy atom. The summed E-state index contributed by atoms with van der Waals surface area (Å²) in [5.74, 6) is 5.22. The molecule has 0 saturated carbocycles. The van der Waals surface area contributed by atoms with E-state index in [-0.39, 0.29) is 5.75 Å². The average molecular weight is 184 g/mol. The molecule has 4 nitrogen and oxygen atoms in total. The van der Waals surface area contributed by atoms with E-state index in [2.05, 4.69) is 5.43 Å². The van der Waals surface area contributed by atoms with Crippen LogP contribution < -0.4 is 20.7 Å². The summed E-state index contributed by atoms with van der Waals surface area (Å²) in [6.07, 6.45) is 0. The van der Waals surface area contributed by atoms with E-state index in [1.54, 1.807) is 6.07 Å². The molecule has 3 N–H and O–H groups in total. The Morgan fingerprint density at radius 3 is 2.85 bits per heavy atom. The molecule has 0 radical (unpaired) electrons. The van der Waals surface area contributed by atoms with Gasteiger partial charge in [0.15, 0.2) is 17.3 Å². The summed E-state index contributed by atoms with van der Waals surface area (Å²) in [7, 11) is 0. The molecular formula is C8H9FN2O2. The Bertz CT molecular complexity index is 330. The Hall–Kier alpha value is -1.49. The maximum Gasteiger partial charge on any atom is 0.197 e. The van der Waals surface area contributed by atoms with Crippen LogP contribution in [0.1, 0.15) is 0 Å². The molecule has 5 heteroatoms. The molecule has 0 saturated heterocycles. The number of hydrogen-bond acceptors (Lipinski definition) is 4. The van der Waals surface area contributed by atoms with E-state index in [1.165, 1.54) is 6.07 Å². The lowest BCUT2D eigenvalue weighted by atomic mass is 10.2. The number of nitrogen functional groups attached to an aromatic ring is 1. The van der Waals surface area contributed by atoms with Crippen molar-refractivity contribution in [1.29, 1.82) is 0 Å². The molecule has 0 aromatic heterocycles. The molecule has 0 bridgehead atoms. The first-order valence-electron chi connectivity index (χ1n) is 3.87. The second-order valence-electron chi connectivity index (χ2n) is 2.63. The zero-order valence-corrected chi connectivity index (χ0v) is 6.84. The number of anilines is 1. The van der Waals surface area contributed by atoms with Crippen LogP contribution in [0.25, 0.3) is 0 Å². The quantitative estimate of drug-likeness (QED) is 0.502. The maximum absolute atomic E-state index is 13.2. The highest BCUT2D eigenvalue weighted by Crippen LogP contribution is 2.35. The molecular weight excluding hydrogens is 175 g/mol. The van der Waals surface area contributed by atoms with E-state index in [1.807, 2.05) is 0 Å². The smallest absolute Gasteiger partial charge is 0.197 e. The van der Waals surface area contributed by atoms with Gasteiger partial charge in [0, 0.05) is 12.1 Å². The Balaban J connectivity index is 2.47. The largest absolute Gasteiger partial charge is 0.486 e. The monoisotopic (exact) mass is 184 g/mol. The van der Waals surface area contributed by atoms with E-state index in [9.17, 15) is 4.39 Å². The van der Waals surface area contributed by atoms with Crippen LogP contribution in [0.5, 0.6) is 11.5 Å². The molecule has 1 aromatic rings. The number of nitrogens with one attached hydrogen (secondary N) is 1. The highest BCUT2D eigenvalue weighted by atomic mass is 19.1. The fourth-order valence-electron chi connectivity index (χ4n) is 1.19. The normalized spacial score (nSPS) is 14.0.